The number of hydrogen-bond donors (Lipinski definition) is 0. The Morgan fingerprint density at radius 2 is 1.37 bits per heavy atom. The SMILES string of the molecule is CC(C)(C)OC(=O)CN1CCN(C(c2ccccc2)c2ccccc2)CC1. The highest BCUT2D eigenvalue weighted by atomic mass is 16.6. The lowest BCUT2D eigenvalue weighted by Gasteiger charge is -2.39. The van der Waals surface area contributed by atoms with Crippen LogP contribution in [0, 0.1) is 0 Å². The highest BCUT2D eigenvalue weighted by Gasteiger charge is 2.27. The van der Waals surface area contributed by atoms with Crippen LogP contribution in [0.25, 0.3) is 0 Å². The fraction of sp³-hybridized carbons (Fsp3) is 0.435. The van der Waals surface area contributed by atoms with Gasteiger partial charge in [-0.3, -0.25) is 14.6 Å². The van der Waals surface area contributed by atoms with Gasteiger partial charge >= 0.3 is 5.97 Å². The average molecular weight is 367 g/mol. The molecule has 1 heterocycles. The number of carbonyl (C=O) groups excluding carboxylic acids is 1. The molecule has 0 amide bonds. The van der Waals surface area contributed by atoms with E-state index in [1.165, 1.54) is 11.1 Å². The Hall–Kier alpha value is -2.17. The van der Waals surface area contributed by atoms with Crippen molar-refractivity contribution in [3.05, 3.63) is 71.8 Å². The summed E-state index contributed by atoms with van der Waals surface area (Å²) in [5.41, 5.74) is 2.19. The van der Waals surface area contributed by atoms with Gasteiger partial charge in [-0.05, 0) is 31.9 Å². The zero-order valence-electron chi connectivity index (χ0n) is 16.6. The number of ether oxygens (including phenoxy) is 1. The summed E-state index contributed by atoms with van der Waals surface area (Å²) in [6.45, 7) is 9.69. The van der Waals surface area contributed by atoms with Crippen LogP contribution in [0.3, 0.4) is 0 Å². The second-order valence-corrected chi connectivity index (χ2v) is 8.12. The molecule has 144 valence electrons. The third-order valence-electron chi connectivity index (χ3n) is 4.78. The summed E-state index contributed by atoms with van der Waals surface area (Å²) in [6.07, 6.45) is 0. The topological polar surface area (TPSA) is 32.8 Å². The lowest BCUT2D eigenvalue weighted by molar-refractivity contribution is -0.156. The molecule has 0 N–H and O–H groups in total. The molecule has 1 fully saturated rings. The van der Waals surface area contributed by atoms with Gasteiger partial charge in [0.25, 0.3) is 0 Å². The van der Waals surface area contributed by atoms with Gasteiger partial charge in [0.15, 0.2) is 0 Å². The minimum absolute atomic E-state index is 0.140. The van der Waals surface area contributed by atoms with E-state index in [0.29, 0.717) is 6.54 Å². The lowest BCUT2D eigenvalue weighted by Crippen LogP contribution is -2.49. The van der Waals surface area contributed by atoms with E-state index in [1.807, 2.05) is 20.8 Å². The van der Waals surface area contributed by atoms with Gasteiger partial charge in [0.05, 0.1) is 12.6 Å². The largest absolute Gasteiger partial charge is 0.459 e. The first kappa shape index (κ1) is 19.6. The second kappa shape index (κ2) is 8.68. The molecule has 1 aliphatic heterocycles. The van der Waals surface area contributed by atoms with Crippen LogP contribution in [0.15, 0.2) is 60.7 Å². The Morgan fingerprint density at radius 3 is 1.81 bits per heavy atom. The second-order valence-electron chi connectivity index (χ2n) is 8.12. The van der Waals surface area contributed by atoms with Crippen molar-refractivity contribution >= 4 is 5.97 Å². The van der Waals surface area contributed by atoms with Crippen LogP contribution >= 0.6 is 0 Å². The Kier molecular flexibility index (Phi) is 6.30. The molecule has 27 heavy (non-hydrogen) atoms. The molecule has 3 rings (SSSR count). The summed E-state index contributed by atoms with van der Waals surface area (Å²) >= 11 is 0. The molecule has 0 unspecified atom stereocenters. The van der Waals surface area contributed by atoms with Crippen LogP contribution in [0.5, 0.6) is 0 Å². The predicted molar refractivity (Wildman–Crippen MR) is 109 cm³/mol. The molecule has 0 aromatic heterocycles. The summed E-state index contributed by atoms with van der Waals surface area (Å²) in [7, 11) is 0. The smallest absolute Gasteiger partial charge is 0.320 e. The summed E-state index contributed by atoms with van der Waals surface area (Å²) in [6, 6.07) is 21.6. The highest BCUT2D eigenvalue weighted by molar-refractivity contribution is 5.72. The number of hydrogen-bond acceptors (Lipinski definition) is 4. The van der Waals surface area contributed by atoms with Crippen LogP contribution in [0.4, 0.5) is 0 Å². The number of esters is 1. The van der Waals surface area contributed by atoms with Gasteiger partial charge in [0.2, 0.25) is 0 Å². The van der Waals surface area contributed by atoms with E-state index < -0.39 is 5.60 Å². The molecule has 0 saturated carbocycles. The molecule has 0 aliphatic carbocycles. The van der Waals surface area contributed by atoms with E-state index in [2.05, 4.69) is 70.5 Å². The number of piperazine rings is 1. The number of benzene rings is 2. The Morgan fingerprint density at radius 1 is 0.889 bits per heavy atom. The van der Waals surface area contributed by atoms with Crippen molar-refractivity contribution in [1.82, 2.24) is 9.80 Å². The molecular formula is C23H30N2O2. The van der Waals surface area contributed by atoms with Crippen LogP contribution in [0.1, 0.15) is 37.9 Å². The van der Waals surface area contributed by atoms with E-state index in [4.69, 9.17) is 4.74 Å². The maximum atomic E-state index is 12.1. The molecule has 1 aliphatic rings. The third kappa shape index (κ3) is 5.65. The summed E-state index contributed by atoms with van der Waals surface area (Å²) in [5, 5.41) is 0. The van der Waals surface area contributed by atoms with Crippen LogP contribution in [-0.4, -0.2) is 54.1 Å². The number of rotatable bonds is 5. The first-order chi connectivity index (χ1) is 12.9. The zero-order chi connectivity index (χ0) is 19.3. The van der Waals surface area contributed by atoms with Crippen molar-refractivity contribution in [3.8, 4) is 0 Å². The highest BCUT2D eigenvalue weighted by Crippen LogP contribution is 2.29. The van der Waals surface area contributed by atoms with Gasteiger partial charge in [-0.2, -0.15) is 0 Å². The minimum Gasteiger partial charge on any atom is -0.459 e. The van der Waals surface area contributed by atoms with E-state index in [-0.39, 0.29) is 12.0 Å². The fourth-order valence-corrected chi connectivity index (χ4v) is 3.62. The fourth-order valence-electron chi connectivity index (χ4n) is 3.62. The van der Waals surface area contributed by atoms with Gasteiger partial charge < -0.3 is 4.74 Å². The van der Waals surface area contributed by atoms with Crippen molar-refractivity contribution in [2.45, 2.75) is 32.4 Å². The summed E-state index contributed by atoms with van der Waals surface area (Å²) < 4.78 is 5.46. The van der Waals surface area contributed by atoms with Gasteiger partial charge in [-0.25, -0.2) is 0 Å². The maximum absolute atomic E-state index is 12.1. The number of carbonyl (C=O) groups is 1. The van der Waals surface area contributed by atoms with Crippen LogP contribution < -0.4 is 0 Å². The van der Waals surface area contributed by atoms with E-state index in [9.17, 15) is 4.79 Å². The first-order valence-electron chi connectivity index (χ1n) is 9.70. The first-order valence-corrected chi connectivity index (χ1v) is 9.70. The van der Waals surface area contributed by atoms with E-state index in [0.717, 1.165) is 26.2 Å². The van der Waals surface area contributed by atoms with Crippen molar-refractivity contribution in [2.24, 2.45) is 0 Å². The lowest BCUT2D eigenvalue weighted by atomic mass is 9.96. The Bertz CT molecular complexity index is 678. The van der Waals surface area contributed by atoms with Gasteiger partial charge in [-0.15, -0.1) is 0 Å². The molecule has 2 aromatic rings. The van der Waals surface area contributed by atoms with E-state index in [1.54, 1.807) is 0 Å². The minimum atomic E-state index is -0.426. The third-order valence-corrected chi connectivity index (χ3v) is 4.78. The normalized spacial score (nSPS) is 16.4. The van der Waals surface area contributed by atoms with Crippen molar-refractivity contribution in [3.63, 3.8) is 0 Å². The molecule has 0 bridgehead atoms. The number of nitrogens with zero attached hydrogens (tertiary/aromatic N) is 2. The van der Waals surface area contributed by atoms with Crippen LogP contribution in [-0.2, 0) is 9.53 Å². The monoisotopic (exact) mass is 366 g/mol. The molecule has 4 nitrogen and oxygen atoms in total. The molecule has 4 heteroatoms. The quantitative estimate of drug-likeness (QED) is 0.755. The standard InChI is InChI=1S/C23H30N2O2/c1-23(2,3)27-21(26)18-24-14-16-25(17-15-24)22(19-10-6-4-7-11-19)20-12-8-5-9-13-20/h4-13,22H,14-18H2,1-3H3. The molecule has 1 saturated heterocycles. The molecular weight excluding hydrogens is 336 g/mol. The maximum Gasteiger partial charge on any atom is 0.320 e. The average Bonchev–Trinajstić information content (AvgIpc) is 2.64. The Labute approximate surface area is 162 Å². The molecule has 0 spiro atoms. The van der Waals surface area contributed by atoms with Gasteiger partial charge in [0, 0.05) is 26.2 Å². The van der Waals surface area contributed by atoms with Crippen molar-refractivity contribution in [2.75, 3.05) is 32.7 Å². The van der Waals surface area contributed by atoms with E-state index >= 15 is 0 Å². The summed E-state index contributed by atoms with van der Waals surface area (Å²) in [4.78, 5) is 16.8. The molecule has 0 radical (unpaired) electrons. The summed E-state index contributed by atoms with van der Waals surface area (Å²) in [5.74, 6) is -0.140. The van der Waals surface area contributed by atoms with Crippen LogP contribution in [0.2, 0.25) is 0 Å². The Balaban J connectivity index is 1.66. The van der Waals surface area contributed by atoms with Crippen molar-refractivity contribution in [1.29, 1.82) is 0 Å². The molecule has 0 atom stereocenters. The predicted octanol–water partition coefficient (Wildman–Crippen LogP) is 3.74. The molecule has 2 aromatic carbocycles. The van der Waals surface area contributed by atoms with Crippen molar-refractivity contribution < 1.29 is 9.53 Å². The van der Waals surface area contributed by atoms with Gasteiger partial charge in [-0.1, -0.05) is 60.7 Å². The van der Waals surface area contributed by atoms with Gasteiger partial charge in [0.1, 0.15) is 5.60 Å². The zero-order valence-corrected chi connectivity index (χ0v) is 16.6.